The van der Waals surface area contributed by atoms with E-state index in [-0.39, 0.29) is 28.5 Å². The fraction of sp³-hybridized carbons (Fsp3) is 0.259. The van der Waals surface area contributed by atoms with Gasteiger partial charge in [0.1, 0.15) is 23.2 Å². The topological polar surface area (TPSA) is 107 Å². The Morgan fingerprint density at radius 1 is 1.05 bits per heavy atom. The number of aromatic nitrogens is 1. The molecule has 0 radical (unpaired) electrons. The summed E-state index contributed by atoms with van der Waals surface area (Å²) < 4.78 is 20.1. The number of halogens is 2. The van der Waals surface area contributed by atoms with E-state index in [2.05, 4.69) is 22.5 Å². The number of benzene rings is 2. The lowest BCUT2D eigenvalue weighted by Gasteiger charge is -2.20. The SMILES string of the molecule is CCCCCN(C)C(=N)c1ccc(C(=O)Nc2ccc(OC)cc2C(=O)Nc2ccc(Cl)cn2)c(F)c1. The summed E-state index contributed by atoms with van der Waals surface area (Å²) in [6.07, 6.45) is 4.44. The van der Waals surface area contributed by atoms with Crippen LogP contribution < -0.4 is 15.4 Å². The van der Waals surface area contributed by atoms with Crippen molar-refractivity contribution in [3.8, 4) is 5.75 Å². The number of nitrogens with zero attached hydrogens (tertiary/aromatic N) is 2. The van der Waals surface area contributed by atoms with Crippen LogP contribution in [0.3, 0.4) is 0 Å². The first-order valence-corrected chi connectivity index (χ1v) is 12.1. The Labute approximate surface area is 220 Å². The van der Waals surface area contributed by atoms with Crippen LogP contribution in [-0.2, 0) is 0 Å². The second-order valence-corrected chi connectivity index (χ2v) is 8.79. The second-order valence-electron chi connectivity index (χ2n) is 8.35. The lowest BCUT2D eigenvalue weighted by molar-refractivity contribution is 0.102. The molecular formula is C27H29ClFN5O3. The van der Waals surface area contributed by atoms with Gasteiger partial charge >= 0.3 is 0 Å². The molecule has 3 rings (SSSR count). The molecular weight excluding hydrogens is 497 g/mol. The Morgan fingerprint density at radius 3 is 2.46 bits per heavy atom. The highest BCUT2D eigenvalue weighted by Crippen LogP contribution is 2.25. The number of carbonyl (C=O) groups is 2. The first-order chi connectivity index (χ1) is 17.7. The average molecular weight is 526 g/mol. The van der Waals surface area contributed by atoms with E-state index in [1.165, 1.54) is 49.7 Å². The predicted molar refractivity (Wildman–Crippen MR) is 144 cm³/mol. The van der Waals surface area contributed by atoms with Gasteiger partial charge in [-0.3, -0.25) is 15.0 Å². The number of amides is 2. The van der Waals surface area contributed by atoms with Crippen molar-refractivity contribution in [2.75, 3.05) is 31.3 Å². The lowest BCUT2D eigenvalue weighted by atomic mass is 10.1. The van der Waals surface area contributed by atoms with Gasteiger partial charge < -0.3 is 20.3 Å². The van der Waals surface area contributed by atoms with Gasteiger partial charge in [0.05, 0.1) is 28.9 Å². The van der Waals surface area contributed by atoms with Crippen LogP contribution in [0.1, 0.15) is 52.5 Å². The molecule has 8 nitrogen and oxygen atoms in total. The largest absolute Gasteiger partial charge is 0.497 e. The molecule has 2 aromatic carbocycles. The number of unbranched alkanes of at least 4 members (excludes halogenated alkanes) is 2. The summed E-state index contributed by atoms with van der Waals surface area (Å²) in [4.78, 5) is 31.7. The molecule has 0 unspecified atom stereocenters. The summed E-state index contributed by atoms with van der Waals surface area (Å²) in [5.41, 5.74) is 0.404. The molecule has 0 aliphatic carbocycles. The number of ether oxygens (including phenoxy) is 1. The van der Waals surface area contributed by atoms with Gasteiger partial charge in [0.2, 0.25) is 0 Å². The van der Waals surface area contributed by atoms with E-state index < -0.39 is 17.6 Å². The summed E-state index contributed by atoms with van der Waals surface area (Å²) in [6.45, 7) is 2.78. The molecule has 0 bridgehead atoms. The molecule has 0 fully saturated rings. The van der Waals surface area contributed by atoms with Gasteiger partial charge in [0, 0.05) is 25.4 Å². The minimum Gasteiger partial charge on any atom is -0.497 e. The first-order valence-electron chi connectivity index (χ1n) is 11.7. The molecule has 0 aliphatic rings. The van der Waals surface area contributed by atoms with Crippen molar-refractivity contribution >= 4 is 40.8 Å². The molecule has 10 heteroatoms. The maximum absolute atomic E-state index is 14.9. The number of amidine groups is 1. The maximum atomic E-state index is 14.9. The van der Waals surface area contributed by atoms with E-state index in [0.29, 0.717) is 22.9 Å². The molecule has 0 spiro atoms. The first kappa shape index (κ1) is 27.6. The molecule has 3 N–H and O–H groups in total. The van der Waals surface area contributed by atoms with E-state index in [4.69, 9.17) is 21.7 Å². The Morgan fingerprint density at radius 2 is 1.81 bits per heavy atom. The van der Waals surface area contributed by atoms with Crippen molar-refractivity contribution in [2.45, 2.75) is 26.2 Å². The molecule has 37 heavy (non-hydrogen) atoms. The summed E-state index contributed by atoms with van der Waals surface area (Å²) >= 11 is 5.84. The van der Waals surface area contributed by atoms with Crippen LogP contribution >= 0.6 is 11.6 Å². The van der Waals surface area contributed by atoms with Gasteiger partial charge in [-0.25, -0.2) is 9.37 Å². The molecule has 0 saturated carbocycles. The number of rotatable bonds is 10. The quantitative estimate of drug-likeness (QED) is 0.175. The molecule has 194 valence electrons. The highest BCUT2D eigenvalue weighted by molar-refractivity contribution is 6.30. The fourth-order valence-corrected chi connectivity index (χ4v) is 3.66. The summed E-state index contributed by atoms with van der Waals surface area (Å²) in [6, 6.07) is 11.7. The van der Waals surface area contributed by atoms with Crippen molar-refractivity contribution in [1.29, 1.82) is 5.41 Å². The maximum Gasteiger partial charge on any atom is 0.259 e. The van der Waals surface area contributed by atoms with E-state index in [0.717, 1.165) is 19.3 Å². The van der Waals surface area contributed by atoms with Gasteiger partial charge in [-0.2, -0.15) is 0 Å². The highest BCUT2D eigenvalue weighted by atomic mass is 35.5. The molecule has 0 saturated heterocycles. The molecule has 2 amide bonds. The summed E-state index contributed by atoms with van der Waals surface area (Å²) in [5.74, 6) is -1.24. The third kappa shape index (κ3) is 7.27. The second kappa shape index (κ2) is 12.8. The smallest absolute Gasteiger partial charge is 0.259 e. The number of hydrogen-bond donors (Lipinski definition) is 3. The number of carbonyl (C=O) groups excluding carboxylic acids is 2. The van der Waals surface area contributed by atoms with Gasteiger partial charge in [-0.1, -0.05) is 37.4 Å². The Balaban J connectivity index is 1.79. The predicted octanol–water partition coefficient (Wildman–Crippen LogP) is 5.83. The Hall–Kier alpha value is -3.98. The monoisotopic (exact) mass is 525 g/mol. The van der Waals surface area contributed by atoms with E-state index in [1.807, 2.05) is 0 Å². The summed E-state index contributed by atoms with van der Waals surface area (Å²) in [5, 5.41) is 14.0. The van der Waals surface area contributed by atoms with E-state index >= 15 is 0 Å². The number of anilines is 2. The van der Waals surface area contributed by atoms with Crippen LogP contribution in [0.25, 0.3) is 0 Å². The van der Waals surface area contributed by atoms with Crippen molar-refractivity contribution < 1.29 is 18.7 Å². The fourth-order valence-electron chi connectivity index (χ4n) is 3.55. The van der Waals surface area contributed by atoms with Gasteiger partial charge in [-0.15, -0.1) is 0 Å². The number of nitrogens with one attached hydrogen (secondary N) is 3. The van der Waals surface area contributed by atoms with E-state index in [1.54, 1.807) is 24.1 Å². The van der Waals surface area contributed by atoms with Crippen molar-refractivity contribution in [3.63, 3.8) is 0 Å². The molecule has 1 aromatic heterocycles. The van der Waals surface area contributed by atoms with Crippen molar-refractivity contribution in [3.05, 3.63) is 82.3 Å². The molecule has 3 aromatic rings. The summed E-state index contributed by atoms with van der Waals surface area (Å²) in [7, 11) is 3.23. The van der Waals surface area contributed by atoms with E-state index in [9.17, 15) is 14.0 Å². The number of hydrogen-bond acceptors (Lipinski definition) is 5. The van der Waals surface area contributed by atoms with Crippen LogP contribution in [0, 0.1) is 11.2 Å². The standard InChI is InChI=1S/C27H29ClFN5O3/c1-4-5-6-13-34(2)25(30)17-7-10-20(22(29)14-17)26(35)32-23-11-9-19(37-3)15-21(23)27(36)33-24-12-8-18(28)16-31-24/h7-12,14-16,30H,4-6,13H2,1-3H3,(H,32,35)(H,31,33,36). The Kier molecular flexibility index (Phi) is 9.57. The zero-order valence-corrected chi connectivity index (χ0v) is 21.7. The molecule has 0 aliphatic heterocycles. The minimum absolute atomic E-state index is 0.0944. The van der Waals surface area contributed by atoms with Crippen LogP contribution in [0.4, 0.5) is 15.9 Å². The minimum atomic E-state index is -0.772. The zero-order chi connectivity index (χ0) is 26.9. The van der Waals surface area contributed by atoms with Gasteiger partial charge in [0.25, 0.3) is 11.8 Å². The molecule has 0 atom stereocenters. The van der Waals surface area contributed by atoms with Crippen LogP contribution in [-0.4, -0.2) is 48.2 Å². The number of pyridine rings is 1. The van der Waals surface area contributed by atoms with Crippen molar-refractivity contribution in [2.24, 2.45) is 0 Å². The lowest BCUT2D eigenvalue weighted by Crippen LogP contribution is -2.28. The van der Waals surface area contributed by atoms with Crippen LogP contribution in [0.5, 0.6) is 5.75 Å². The third-order valence-electron chi connectivity index (χ3n) is 5.65. The van der Waals surface area contributed by atoms with Gasteiger partial charge in [-0.05, 0) is 48.9 Å². The molecule has 1 heterocycles. The van der Waals surface area contributed by atoms with Crippen molar-refractivity contribution in [1.82, 2.24) is 9.88 Å². The normalized spacial score (nSPS) is 10.5. The Bertz CT molecular complexity index is 1280. The number of methoxy groups -OCH3 is 1. The third-order valence-corrected chi connectivity index (χ3v) is 5.88. The van der Waals surface area contributed by atoms with Gasteiger partial charge in [0.15, 0.2) is 0 Å². The zero-order valence-electron chi connectivity index (χ0n) is 20.9. The average Bonchev–Trinajstić information content (AvgIpc) is 2.89. The van der Waals surface area contributed by atoms with Crippen LogP contribution in [0.2, 0.25) is 5.02 Å². The highest BCUT2D eigenvalue weighted by Gasteiger charge is 2.19. The van der Waals surface area contributed by atoms with Crippen LogP contribution in [0.15, 0.2) is 54.7 Å².